The van der Waals surface area contributed by atoms with Gasteiger partial charge in [0.1, 0.15) is 12.4 Å². The smallest absolute Gasteiger partial charge is 0.320 e. The van der Waals surface area contributed by atoms with Gasteiger partial charge in [-0.15, -0.1) is 0 Å². The number of hydrogen-bond donors (Lipinski definition) is 0. The molecule has 150 valence electrons. The molecule has 3 rings (SSSR count). The number of carbonyl (C=O) groups is 1. The van der Waals surface area contributed by atoms with E-state index in [4.69, 9.17) is 9.47 Å². The molecule has 2 aliphatic rings. The van der Waals surface area contributed by atoms with Gasteiger partial charge in [-0.2, -0.15) is 0 Å². The van der Waals surface area contributed by atoms with Crippen LogP contribution >= 0.6 is 0 Å². The van der Waals surface area contributed by atoms with Gasteiger partial charge in [-0.1, -0.05) is 19.9 Å². The lowest BCUT2D eigenvalue weighted by atomic mass is 9.98. The van der Waals surface area contributed by atoms with Crippen molar-refractivity contribution in [1.82, 2.24) is 14.7 Å². The Hall–Kier alpha value is -1.79. The first-order valence-electron chi connectivity index (χ1n) is 10.1. The van der Waals surface area contributed by atoms with Crippen molar-refractivity contribution in [3.8, 4) is 5.75 Å². The normalized spacial score (nSPS) is 18.8. The summed E-state index contributed by atoms with van der Waals surface area (Å²) in [5.74, 6) is 1.48. The molecule has 2 heterocycles. The monoisotopic (exact) mass is 375 g/mol. The van der Waals surface area contributed by atoms with Crippen LogP contribution in [0.3, 0.4) is 0 Å². The number of morpholine rings is 1. The third-order valence-corrected chi connectivity index (χ3v) is 5.46. The SMILES string of the molecule is Cc1cc(OCCN2CCN(C(=O)N3CCOCC3)CC2)ccc1C(C)C. The Bertz CT molecular complexity index is 621. The Kier molecular flexibility index (Phi) is 6.96. The zero-order valence-electron chi connectivity index (χ0n) is 16.9. The van der Waals surface area contributed by atoms with Crippen molar-refractivity contribution in [2.75, 3.05) is 65.6 Å². The summed E-state index contributed by atoms with van der Waals surface area (Å²) in [6.07, 6.45) is 0. The maximum atomic E-state index is 12.5. The van der Waals surface area contributed by atoms with Crippen LogP contribution in [-0.2, 0) is 4.74 Å². The molecule has 0 saturated carbocycles. The summed E-state index contributed by atoms with van der Waals surface area (Å²) < 4.78 is 11.3. The van der Waals surface area contributed by atoms with E-state index in [-0.39, 0.29) is 6.03 Å². The number of amides is 2. The molecule has 2 aliphatic heterocycles. The number of urea groups is 1. The van der Waals surface area contributed by atoms with Gasteiger partial charge in [0, 0.05) is 45.8 Å². The molecule has 0 unspecified atom stereocenters. The van der Waals surface area contributed by atoms with E-state index in [1.165, 1.54) is 11.1 Å². The minimum Gasteiger partial charge on any atom is -0.492 e. The molecule has 0 aliphatic carbocycles. The van der Waals surface area contributed by atoms with E-state index in [1.54, 1.807) is 0 Å². The van der Waals surface area contributed by atoms with Crippen molar-refractivity contribution in [2.45, 2.75) is 26.7 Å². The highest BCUT2D eigenvalue weighted by molar-refractivity contribution is 5.74. The van der Waals surface area contributed by atoms with Crippen LogP contribution in [0, 0.1) is 6.92 Å². The second-order valence-corrected chi connectivity index (χ2v) is 7.73. The summed E-state index contributed by atoms with van der Waals surface area (Å²) in [5, 5.41) is 0. The van der Waals surface area contributed by atoms with Crippen molar-refractivity contribution in [1.29, 1.82) is 0 Å². The summed E-state index contributed by atoms with van der Waals surface area (Å²) in [5.41, 5.74) is 2.67. The molecule has 1 aromatic carbocycles. The molecule has 0 aromatic heterocycles. The van der Waals surface area contributed by atoms with Gasteiger partial charge < -0.3 is 19.3 Å². The highest BCUT2D eigenvalue weighted by atomic mass is 16.5. The maximum absolute atomic E-state index is 12.5. The molecule has 6 nitrogen and oxygen atoms in total. The quantitative estimate of drug-likeness (QED) is 0.794. The van der Waals surface area contributed by atoms with Gasteiger partial charge in [-0.05, 0) is 36.1 Å². The molecule has 0 N–H and O–H groups in total. The predicted molar refractivity (Wildman–Crippen MR) is 107 cm³/mol. The summed E-state index contributed by atoms with van der Waals surface area (Å²) in [7, 11) is 0. The van der Waals surface area contributed by atoms with E-state index in [2.05, 4.69) is 43.9 Å². The topological polar surface area (TPSA) is 45.2 Å². The minimum atomic E-state index is 0.162. The van der Waals surface area contributed by atoms with E-state index in [9.17, 15) is 4.79 Å². The number of aryl methyl sites for hydroxylation is 1. The zero-order chi connectivity index (χ0) is 19.2. The summed E-state index contributed by atoms with van der Waals surface area (Å²) >= 11 is 0. The van der Waals surface area contributed by atoms with Crippen molar-refractivity contribution >= 4 is 6.03 Å². The molecule has 2 amide bonds. The van der Waals surface area contributed by atoms with Crippen molar-refractivity contribution < 1.29 is 14.3 Å². The van der Waals surface area contributed by atoms with Crippen LogP contribution in [0.1, 0.15) is 30.9 Å². The Balaban J connectivity index is 1.38. The number of ether oxygens (including phenoxy) is 2. The fourth-order valence-corrected chi connectivity index (χ4v) is 3.80. The standard InChI is InChI=1S/C21H33N3O3/c1-17(2)20-5-4-19(16-18(20)3)27-15-10-22-6-8-23(9-7-22)21(25)24-11-13-26-14-12-24/h4-5,16-17H,6-15H2,1-3H3. The summed E-state index contributed by atoms with van der Waals surface area (Å²) in [4.78, 5) is 18.8. The average molecular weight is 376 g/mol. The van der Waals surface area contributed by atoms with Gasteiger partial charge in [0.25, 0.3) is 0 Å². The molecular weight excluding hydrogens is 342 g/mol. The predicted octanol–water partition coefficient (Wildman–Crippen LogP) is 2.57. The molecule has 6 heteroatoms. The zero-order valence-corrected chi connectivity index (χ0v) is 16.9. The van der Waals surface area contributed by atoms with Crippen molar-refractivity contribution in [2.24, 2.45) is 0 Å². The molecule has 1 aromatic rings. The minimum absolute atomic E-state index is 0.162. The highest BCUT2D eigenvalue weighted by Crippen LogP contribution is 2.23. The van der Waals surface area contributed by atoms with E-state index in [1.807, 2.05) is 9.80 Å². The van der Waals surface area contributed by atoms with Gasteiger partial charge in [0.05, 0.1) is 13.2 Å². The molecule has 0 radical (unpaired) electrons. The molecule has 0 bridgehead atoms. The first-order chi connectivity index (χ1) is 13.0. The highest BCUT2D eigenvalue weighted by Gasteiger charge is 2.26. The van der Waals surface area contributed by atoms with Gasteiger partial charge in [0.2, 0.25) is 0 Å². The Labute approximate surface area is 163 Å². The number of rotatable bonds is 5. The van der Waals surface area contributed by atoms with Crippen LogP contribution < -0.4 is 4.74 Å². The van der Waals surface area contributed by atoms with Gasteiger partial charge in [-0.25, -0.2) is 4.79 Å². The number of benzene rings is 1. The number of nitrogens with zero attached hydrogens (tertiary/aromatic N) is 3. The summed E-state index contributed by atoms with van der Waals surface area (Å²) in [6, 6.07) is 6.54. The van der Waals surface area contributed by atoms with Gasteiger partial charge in [-0.3, -0.25) is 4.90 Å². The molecule has 2 fully saturated rings. The number of piperazine rings is 1. The van der Waals surface area contributed by atoms with E-state index < -0.39 is 0 Å². The fraction of sp³-hybridized carbons (Fsp3) is 0.667. The van der Waals surface area contributed by atoms with Crippen LogP contribution in [0.5, 0.6) is 5.75 Å². The van der Waals surface area contributed by atoms with E-state index in [0.29, 0.717) is 38.8 Å². The lowest BCUT2D eigenvalue weighted by Crippen LogP contribution is -2.55. The van der Waals surface area contributed by atoms with Gasteiger partial charge in [0.15, 0.2) is 0 Å². The second kappa shape index (κ2) is 9.42. The van der Waals surface area contributed by atoms with Crippen LogP contribution in [0.15, 0.2) is 18.2 Å². The van der Waals surface area contributed by atoms with Crippen molar-refractivity contribution in [3.05, 3.63) is 29.3 Å². The van der Waals surface area contributed by atoms with E-state index >= 15 is 0 Å². The molecule has 27 heavy (non-hydrogen) atoms. The fourth-order valence-electron chi connectivity index (χ4n) is 3.80. The first kappa shape index (κ1) is 20.0. The molecule has 0 atom stereocenters. The number of hydrogen-bond acceptors (Lipinski definition) is 4. The van der Waals surface area contributed by atoms with Gasteiger partial charge >= 0.3 is 6.03 Å². The summed E-state index contributed by atoms with van der Waals surface area (Å²) in [6.45, 7) is 14.3. The van der Waals surface area contributed by atoms with Crippen LogP contribution in [0.2, 0.25) is 0 Å². The lowest BCUT2D eigenvalue weighted by Gasteiger charge is -2.38. The molecule has 2 saturated heterocycles. The first-order valence-corrected chi connectivity index (χ1v) is 10.1. The Morgan fingerprint density at radius 1 is 1.07 bits per heavy atom. The van der Waals surface area contributed by atoms with Crippen molar-refractivity contribution in [3.63, 3.8) is 0 Å². The molecule has 0 spiro atoms. The average Bonchev–Trinajstić information content (AvgIpc) is 2.68. The van der Waals surface area contributed by atoms with E-state index in [0.717, 1.165) is 38.5 Å². The largest absolute Gasteiger partial charge is 0.492 e. The third-order valence-electron chi connectivity index (χ3n) is 5.46. The molecular formula is C21H33N3O3. The Morgan fingerprint density at radius 3 is 2.37 bits per heavy atom. The van der Waals surface area contributed by atoms with Crippen LogP contribution in [-0.4, -0.2) is 86.4 Å². The van der Waals surface area contributed by atoms with Crippen LogP contribution in [0.25, 0.3) is 0 Å². The number of carbonyl (C=O) groups excluding carboxylic acids is 1. The maximum Gasteiger partial charge on any atom is 0.320 e. The van der Waals surface area contributed by atoms with Crippen LogP contribution in [0.4, 0.5) is 4.79 Å². The lowest BCUT2D eigenvalue weighted by molar-refractivity contribution is 0.0370. The third kappa shape index (κ3) is 5.36. The Morgan fingerprint density at radius 2 is 1.74 bits per heavy atom. The second-order valence-electron chi connectivity index (χ2n) is 7.73.